The molecule has 0 aromatic heterocycles. The lowest BCUT2D eigenvalue weighted by molar-refractivity contribution is 0.806. The van der Waals surface area contributed by atoms with E-state index < -0.39 is 0 Å². The largest absolute Gasteiger partial charge is 0.0622 e. The molecule has 25 heavy (non-hydrogen) atoms. The molecule has 0 N–H and O–H groups in total. The fourth-order valence-electron chi connectivity index (χ4n) is 3.50. The zero-order valence-corrected chi connectivity index (χ0v) is 14.5. The van der Waals surface area contributed by atoms with E-state index in [1.54, 1.807) is 0 Å². The van der Waals surface area contributed by atoms with Crippen LogP contribution in [-0.2, 0) is 6.42 Å². The molecule has 0 aliphatic rings. The first-order chi connectivity index (χ1) is 12.3. The van der Waals surface area contributed by atoms with Crippen LogP contribution in [0.1, 0.15) is 28.2 Å². The number of rotatable bonds is 4. The van der Waals surface area contributed by atoms with Crippen molar-refractivity contribution in [3.8, 4) is 0 Å². The van der Waals surface area contributed by atoms with E-state index in [1.165, 1.54) is 33.0 Å². The second-order valence-corrected chi connectivity index (χ2v) is 6.76. The van der Waals surface area contributed by atoms with Crippen molar-refractivity contribution < 1.29 is 0 Å². The van der Waals surface area contributed by atoms with Gasteiger partial charge in [0.25, 0.3) is 0 Å². The van der Waals surface area contributed by atoms with Crippen molar-refractivity contribution in [3.63, 3.8) is 0 Å². The zero-order valence-electron chi connectivity index (χ0n) is 14.5. The summed E-state index contributed by atoms with van der Waals surface area (Å²) in [5.41, 5.74) is 5.44. The first kappa shape index (κ1) is 15.7. The first-order valence-electron chi connectivity index (χ1n) is 8.89. The van der Waals surface area contributed by atoms with E-state index >= 15 is 0 Å². The van der Waals surface area contributed by atoms with Crippen LogP contribution in [0.15, 0.2) is 97.1 Å². The van der Waals surface area contributed by atoms with Crippen LogP contribution >= 0.6 is 0 Å². The molecule has 0 heterocycles. The van der Waals surface area contributed by atoms with Gasteiger partial charge in [-0.3, -0.25) is 0 Å². The minimum Gasteiger partial charge on any atom is -0.0622 e. The van der Waals surface area contributed by atoms with Gasteiger partial charge in [-0.15, -0.1) is 0 Å². The molecule has 0 bridgehead atoms. The van der Waals surface area contributed by atoms with Crippen LogP contribution in [0.4, 0.5) is 0 Å². The molecule has 4 aromatic rings. The van der Waals surface area contributed by atoms with Gasteiger partial charge in [-0.1, -0.05) is 103 Å². The van der Waals surface area contributed by atoms with E-state index in [9.17, 15) is 0 Å². The molecule has 0 aliphatic carbocycles. The van der Waals surface area contributed by atoms with Gasteiger partial charge in [0.1, 0.15) is 0 Å². The topological polar surface area (TPSA) is 0 Å². The fourth-order valence-corrected chi connectivity index (χ4v) is 3.50. The van der Waals surface area contributed by atoms with Crippen LogP contribution < -0.4 is 0 Å². The highest BCUT2D eigenvalue weighted by molar-refractivity contribution is 5.83. The van der Waals surface area contributed by atoms with Crippen molar-refractivity contribution >= 4 is 10.8 Å². The Kier molecular flexibility index (Phi) is 4.35. The second-order valence-electron chi connectivity index (χ2n) is 6.76. The number of benzene rings is 4. The Morgan fingerprint density at radius 3 is 2.00 bits per heavy atom. The Balaban J connectivity index is 1.79. The van der Waals surface area contributed by atoms with Crippen molar-refractivity contribution in [2.45, 2.75) is 19.3 Å². The standard InChI is InChI=1S/C25H22/c1-19-11-13-22(14-12-19)25(17-20-7-3-2-4-8-20)24-16-15-21-9-5-6-10-23(21)18-24/h2-16,18,25H,17H2,1H3. The SMILES string of the molecule is Cc1ccc(C(Cc2ccccc2)c2ccc3ccccc3c2)cc1. The monoisotopic (exact) mass is 322 g/mol. The van der Waals surface area contributed by atoms with Crippen molar-refractivity contribution in [1.82, 2.24) is 0 Å². The summed E-state index contributed by atoms with van der Waals surface area (Å²) in [6.45, 7) is 2.14. The number of fused-ring (bicyclic) bond motifs is 1. The molecule has 0 saturated heterocycles. The highest BCUT2D eigenvalue weighted by Gasteiger charge is 2.15. The smallest absolute Gasteiger partial charge is 0.0130 e. The van der Waals surface area contributed by atoms with Crippen LogP contribution in [0.25, 0.3) is 10.8 Å². The summed E-state index contributed by atoms with van der Waals surface area (Å²) in [5, 5.41) is 2.61. The van der Waals surface area contributed by atoms with Crippen LogP contribution in [0, 0.1) is 6.92 Å². The number of hydrogen-bond acceptors (Lipinski definition) is 0. The summed E-state index contributed by atoms with van der Waals surface area (Å²) in [7, 11) is 0. The minimum atomic E-state index is 0.368. The molecule has 0 radical (unpaired) electrons. The third-order valence-electron chi connectivity index (χ3n) is 4.94. The summed E-state index contributed by atoms with van der Waals surface area (Å²) >= 11 is 0. The van der Waals surface area contributed by atoms with Gasteiger partial charge in [0.15, 0.2) is 0 Å². The van der Waals surface area contributed by atoms with Crippen molar-refractivity contribution in [3.05, 3.63) is 119 Å². The van der Waals surface area contributed by atoms with Crippen molar-refractivity contribution in [1.29, 1.82) is 0 Å². The van der Waals surface area contributed by atoms with E-state index in [0.29, 0.717) is 5.92 Å². The zero-order chi connectivity index (χ0) is 17.1. The van der Waals surface area contributed by atoms with Crippen LogP contribution in [-0.4, -0.2) is 0 Å². The maximum Gasteiger partial charge on any atom is 0.0130 e. The average Bonchev–Trinajstić information content (AvgIpc) is 2.67. The lowest BCUT2D eigenvalue weighted by atomic mass is 9.85. The molecule has 0 heteroatoms. The molecule has 0 fully saturated rings. The average molecular weight is 322 g/mol. The number of aryl methyl sites for hydroxylation is 1. The molecule has 122 valence electrons. The molecule has 0 spiro atoms. The summed E-state index contributed by atoms with van der Waals surface area (Å²) in [6.07, 6.45) is 1.02. The van der Waals surface area contributed by atoms with E-state index in [0.717, 1.165) is 6.42 Å². The van der Waals surface area contributed by atoms with Crippen molar-refractivity contribution in [2.75, 3.05) is 0 Å². The van der Waals surface area contributed by atoms with Crippen LogP contribution in [0.5, 0.6) is 0 Å². The maximum absolute atomic E-state index is 2.35. The Morgan fingerprint density at radius 1 is 0.600 bits per heavy atom. The molecule has 0 aliphatic heterocycles. The van der Waals surface area contributed by atoms with E-state index in [1.807, 2.05) is 0 Å². The third kappa shape index (κ3) is 3.49. The van der Waals surface area contributed by atoms with Gasteiger partial charge in [0, 0.05) is 5.92 Å². The summed E-state index contributed by atoms with van der Waals surface area (Å²) < 4.78 is 0. The Labute approximate surface area is 149 Å². The quantitative estimate of drug-likeness (QED) is 0.401. The van der Waals surface area contributed by atoms with Gasteiger partial charge < -0.3 is 0 Å². The van der Waals surface area contributed by atoms with Crippen LogP contribution in [0.2, 0.25) is 0 Å². The predicted octanol–water partition coefficient (Wildman–Crippen LogP) is 6.52. The Bertz CT molecular complexity index is 965. The summed E-state index contributed by atoms with van der Waals surface area (Å²) in [6, 6.07) is 35.3. The normalized spacial score (nSPS) is 12.2. The van der Waals surface area contributed by atoms with E-state index in [4.69, 9.17) is 0 Å². The lowest BCUT2D eigenvalue weighted by Crippen LogP contribution is -2.05. The first-order valence-corrected chi connectivity index (χ1v) is 8.89. The van der Waals surface area contributed by atoms with Gasteiger partial charge in [-0.05, 0) is 40.8 Å². The van der Waals surface area contributed by atoms with Crippen molar-refractivity contribution in [2.24, 2.45) is 0 Å². The molecule has 4 rings (SSSR count). The third-order valence-corrected chi connectivity index (χ3v) is 4.94. The molecular weight excluding hydrogens is 300 g/mol. The van der Waals surface area contributed by atoms with E-state index in [-0.39, 0.29) is 0 Å². The van der Waals surface area contributed by atoms with Gasteiger partial charge in [0.05, 0.1) is 0 Å². The summed E-state index contributed by atoms with van der Waals surface area (Å²) in [4.78, 5) is 0. The maximum atomic E-state index is 2.35. The van der Waals surface area contributed by atoms with Gasteiger partial charge in [-0.2, -0.15) is 0 Å². The molecule has 0 amide bonds. The molecular formula is C25H22. The Hall–Kier alpha value is -2.86. The molecule has 0 nitrogen and oxygen atoms in total. The minimum absolute atomic E-state index is 0.368. The highest BCUT2D eigenvalue weighted by Crippen LogP contribution is 2.31. The van der Waals surface area contributed by atoms with Crippen LogP contribution in [0.3, 0.4) is 0 Å². The van der Waals surface area contributed by atoms with E-state index in [2.05, 4.69) is 104 Å². The van der Waals surface area contributed by atoms with Gasteiger partial charge >= 0.3 is 0 Å². The van der Waals surface area contributed by atoms with Gasteiger partial charge in [-0.25, -0.2) is 0 Å². The molecule has 1 unspecified atom stereocenters. The van der Waals surface area contributed by atoms with Gasteiger partial charge in [0.2, 0.25) is 0 Å². The molecule has 4 aromatic carbocycles. The molecule has 1 atom stereocenters. The number of hydrogen-bond donors (Lipinski definition) is 0. The fraction of sp³-hybridized carbons (Fsp3) is 0.120. The Morgan fingerprint density at radius 2 is 1.24 bits per heavy atom. The predicted molar refractivity (Wildman–Crippen MR) is 107 cm³/mol. The second kappa shape index (κ2) is 6.94. The molecule has 0 saturated carbocycles. The lowest BCUT2D eigenvalue weighted by Gasteiger charge is -2.19. The highest BCUT2D eigenvalue weighted by atomic mass is 14.2. The summed E-state index contributed by atoms with van der Waals surface area (Å²) in [5.74, 6) is 0.368.